The number of rotatable bonds is 9. The van der Waals surface area contributed by atoms with Crippen LogP contribution in [-0.4, -0.2) is 63.3 Å². The normalized spacial score (nSPS) is 24.5. The lowest BCUT2D eigenvalue weighted by Gasteiger charge is -2.40. The Morgan fingerprint density at radius 2 is 2.09 bits per heavy atom. The highest BCUT2D eigenvalue weighted by Crippen LogP contribution is 2.43. The van der Waals surface area contributed by atoms with Crippen LogP contribution in [0.3, 0.4) is 0 Å². The molecule has 1 saturated carbocycles. The van der Waals surface area contributed by atoms with Gasteiger partial charge in [0, 0.05) is 39.3 Å². The summed E-state index contributed by atoms with van der Waals surface area (Å²) in [5, 5.41) is 6.98. The van der Waals surface area contributed by atoms with Crippen LogP contribution in [0.25, 0.3) is 0 Å². The lowest BCUT2D eigenvalue weighted by atomic mass is 9.67. The van der Waals surface area contributed by atoms with Crippen LogP contribution in [-0.2, 0) is 4.74 Å². The van der Waals surface area contributed by atoms with E-state index in [1.807, 2.05) is 0 Å². The van der Waals surface area contributed by atoms with E-state index >= 15 is 0 Å². The predicted octanol–water partition coefficient (Wildman–Crippen LogP) is 2.23. The third-order valence-electron chi connectivity index (χ3n) is 5.67. The number of nitrogens with zero attached hydrogens (tertiary/aromatic N) is 2. The quantitative estimate of drug-likeness (QED) is 0.504. The maximum absolute atomic E-state index is 5.23. The second-order valence-electron chi connectivity index (χ2n) is 7.11. The molecule has 1 aliphatic carbocycles. The van der Waals surface area contributed by atoms with E-state index in [-0.39, 0.29) is 0 Å². The first-order chi connectivity index (χ1) is 11.2. The minimum absolute atomic E-state index is 0.486. The van der Waals surface area contributed by atoms with Crippen molar-refractivity contribution in [1.82, 2.24) is 15.5 Å². The number of ether oxygens (including phenoxy) is 1. The fourth-order valence-electron chi connectivity index (χ4n) is 3.73. The minimum atomic E-state index is 0.486. The number of guanidine groups is 1. The zero-order chi connectivity index (χ0) is 16.5. The summed E-state index contributed by atoms with van der Waals surface area (Å²) in [6.07, 6.45) is 7.89. The average molecular weight is 325 g/mol. The summed E-state index contributed by atoms with van der Waals surface area (Å²) < 4.78 is 5.23. The van der Waals surface area contributed by atoms with Crippen molar-refractivity contribution >= 4 is 5.96 Å². The van der Waals surface area contributed by atoms with E-state index in [2.05, 4.69) is 29.4 Å². The molecule has 0 radical (unpaired) electrons. The summed E-state index contributed by atoms with van der Waals surface area (Å²) in [4.78, 5) is 7.42. The fourth-order valence-corrected chi connectivity index (χ4v) is 3.73. The van der Waals surface area contributed by atoms with Crippen molar-refractivity contribution in [2.45, 2.75) is 58.4 Å². The molecule has 2 N–H and O–H groups in total. The largest absolute Gasteiger partial charge is 0.383 e. The zero-order valence-electron chi connectivity index (χ0n) is 15.4. The third-order valence-corrected chi connectivity index (χ3v) is 5.67. The first kappa shape index (κ1) is 18.5. The number of hydrogen-bond acceptors (Lipinski definition) is 3. The molecule has 5 nitrogen and oxygen atoms in total. The van der Waals surface area contributed by atoms with E-state index in [0.29, 0.717) is 11.5 Å². The minimum Gasteiger partial charge on any atom is -0.383 e. The van der Waals surface area contributed by atoms with Gasteiger partial charge in [0.1, 0.15) is 0 Å². The van der Waals surface area contributed by atoms with Crippen LogP contribution in [0.1, 0.15) is 52.4 Å². The molecule has 0 amide bonds. The van der Waals surface area contributed by atoms with Gasteiger partial charge in [-0.3, -0.25) is 9.89 Å². The van der Waals surface area contributed by atoms with Crippen LogP contribution >= 0.6 is 0 Å². The lowest BCUT2D eigenvalue weighted by molar-refractivity contribution is 0.138. The van der Waals surface area contributed by atoms with Crippen LogP contribution in [0.5, 0.6) is 0 Å². The molecule has 23 heavy (non-hydrogen) atoms. The second-order valence-corrected chi connectivity index (χ2v) is 7.11. The highest BCUT2D eigenvalue weighted by atomic mass is 16.5. The Bertz CT molecular complexity index is 363. The third kappa shape index (κ3) is 5.35. The Kier molecular flexibility index (Phi) is 7.63. The van der Waals surface area contributed by atoms with Crippen molar-refractivity contribution in [3.63, 3.8) is 0 Å². The average Bonchev–Trinajstić information content (AvgIpc) is 2.97. The molecule has 0 aromatic rings. The van der Waals surface area contributed by atoms with E-state index in [9.17, 15) is 0 Å². The van der Waals surface area contributed by atoms with Gasteiger partial charge >= 0.3 is 0 Å². The summed E-state index contributed by atoms with van der Waals surface area (Å²) in [7, 11) is 1.78. The van der Waals surface area contributed by atoms with Gasteiger partial charge in [-0.2, -0.15) is 0 Å². The lowest BCUT2D eigenvalue weighted by Crippen LogP contribution is -2.46. The predicted molar refractivity (Wildman–Crippen MR) is 97.0 cm³/mol. The summed E-state index contributed by atoms with van der Waals surface area (Å²) in [5.41, 5.74) is 0.486. The monoisotopic (exact) mass is 324 g/mol. The van der Waals surface area contributed by atoms with Crippen LogP contribution in [0.4, 0.5) is 0 Å². The Labute approximate surface area is 142 Å². The number of nitrogens with one attached hydrogen (secondary N) is 2. The number of aliphatic imine (C=N–C) groups is 1. The van der Waals surface area contributed by atoms with Crippen LogP contribution in [0.2, 0.25) is 0 Å². The molecule has 2 rings (SSSR count). The van der Waals surface area contributed by atoms with Gasteiger partial charge in [-0.05, 0) is 51.0 Å². The molecular weight excluding hydrogens is 288 g/mol. The van der Waals surface area contributed by atoms with E-state index in [1.165, 1.54) is 45.1 Å². The van der Waals surface area contributed by atoms with Crippen molar-refractivity contribution < 1.29 is 4.74 Å². The molecule has 1 heterocycles. The molecule has 2 aliphatic rings. The summed E-state index contributed by atoms with van der Waals surface area (Å²) in [6.45, 7) is 10.4. The van der Waals surface area contributed by atoms with Gasteiger partial charge in [0.25, 0.3) is 0 Å². The van der Waals surface area contributed by atoms with Gasteiger partial charge in [0.15, 0.2) is 5.96 Å². The Morgan fingerprint density at radius 3 is 2.70 bits per heavy atom. The van der Waals surface area contributed by atoms with Crippen LogP contribution in [0.15, 0.2) is 4.99 Å². The first-order valence-electron chi connectivity index (χ1n) is 9.48. The second kappa shape index (κ2) is 9.48. The maximum Gasteiger partial charge on any atom is 0.191 e. The fraction of sp³-hybridized carbons (Fsp3) is 0.944. The Hall–Kier alpha value is -0.810. The molecule has 0 aromatic heterocycles. The summed E-state index contributed by atoms with van der Waals surface area (Å²) in [5.74, 6) is 0.991. The van der Waals surface area contributed by atoms with Crippen molar-refractivity contribution in [1.29, 1.82) is 0 Å². The van der Waals surface area contributed by atoms with Gasteiger partial charge < -0.3 is 15.4 Å². The van der Waals surface area contributed by atoms with Crippen molar-refractivity contribution in [2.24, 2.45) is 10.4 Å². The van der Waals surface area contributed by atoms with Gasteiger partial charge in [-0.1, -0.05) is 13.3 Å². The summed E-state index contributed by atoms with van der Waals surface area (Å²) in [6, 6.07) is 0.609. The first-order valence-corrected chi connectivity index (χ1v) is 9.48. The topological polar surface area (TPSA) is 48.9 Å². The van der Waals surface area contributed by atoms with Crippen molar-refractivity contribution in [2.75, 3.05) is 46.4 Å². The molecule has 5 heteroatoms. The zero-order valence-corrected chi connectivity index (χ0v) is 15.4. The number of methoxy groups -OCH3 is 1. The highest BCUT2D eigenvalue weighted by Gasteiger charge is 2.34. The van der Waals surface area contributed by atoms with Gasteiger partial charge in [-0.15, -0.1) is 0 Å². The smallest absolute Gasteiger partial charge is 0.191 e. The van der Waals surface area contributed by atoms with E-state index in [4.69, 9.17) is 9.73 Å². The highest BCUT2D eigenvalue weighted by molar-refractivity contribution is 5.79. The standard InChI is InChI=1S/C18H36N4O/c1-4-18(9-7-10-18)15-21-17(19-5-2)20-14-16-8-6-11-22(16)12-13-23-3/h16H,4-15H2,1-3H3,(H2,19,20,21). The molecule has 1 unspecified atom stereocenters. The van der Waals surface area contributed by atoms with E-state index < -0.39 is 0 Å². The molecular formula is C18H36N4O. The van der Waals surface area contributed by atoms with E-state index in [1.54, 1.807) is 7.11 Å². The SMILES string of the molecule is CCNC(=NCC1(CC)CCC1)NCC1CCCN1CCOC. The molecule has 1 aliphatic heterocycles. The Balaban J connectivity index is 1.81. The molecule has 0 bridgehead atoms. The van der Waals surface area contributed by atoms with Crippen LogP contribution in [0, 0.1) is 5.41 Å². The molecule has 2 fully saturated rings. The van der Waals surface area contributed by atoms with Gasteiger partial charge in [-0.25, -0.2) is 0 Å². The van der Waals surface area contributed by atoms with Crippen molar-refractivity contribution in [3.05, 3.63) is 0 Å². The van der Waals surface area contributed by atoms with Gasteiger partial charge in [0.05, 0.1) is 6.61 Å². The molecule has 0 spiro atoms. The molecule has 1 atom stereocenters. The molecule has 0 aromatic carbocycles. The van der Waals surface area contributed by atoms with Gasteiger partial charge in [0.2, 0.25) is 0 Å². The molecule has 1 saturated heterocycles. The molecule has 134 valence electrons. The number of hydrogen-bond donors (Lipinski definition) is 2. The van der Waals surface area contributed by atoms with Crippen LogP contribution < -0.4 is 10.6 Å². The number of likely N-dealkylation sites (tertiary alicyclic amines) is 1. The summed E-state index contributed by atoms with van der Waals surface area (Å²) >= 11 is 0. The van der Waals surface area contributed by atoms with Crippen molar-refractivity contribution in [3.8, 4) is 0 Å². The maximum atomic E-state index is 5.23. The van der Waals surface area contributed by atoms with E-state index in [0.717, 1.165) is 38.7 Å². The Morgan fingerprint density at radius 1 is 1.26 bits per heavy atom.